The van der Waals surface area contributed by atoms with Crippen LogP contribution in [0.4, 0.5) is 5.69 Å². The first-order valence-corrected chi connectivity index (χ1v) is 15.7. The highest BCUT2D eigenvalue weighted by molar-refractivity contribution is 7.92. The molecule has 0 aliphatic carbocycles. The summed E-state index contributed by atoms with van der Waals surface area (Å²) in [6, 6.07) is 19.3. The molecule has 0 bridgehead atoms. The van der Waals surface area contributed by atoms with Crippen molar-refractivity contribution in [2.45, 2.75) is 45.3 Å². The molecule has 0 aliphatic heterocycles. The van der Waals surface area contributed by atoms with E-state index in [9.17, 15) is 18.0 Å². The van der Waals surface area contributed by atoms with Crippen LogP contribution >= 0.6 is 34.8 Å². The second-order valence-electron chi connectivity index (χ2n) is 9.53. The summed E-state index contributed by atoms with van der Waals surface area (Å²) in [5.74, 6) is -0.930. The lowest BCUT2D eigenvalue weighted by Crippen LogP contribution is -2.54. The molecule has 0 spiro atoms. The van der Waals surface area contributed by atoms with Crippen LogP contribution in [0.15, 0.2) is 72.8 Å². The van der Waals surface area contributed by atoms with Crippen LogP contribution in [-0.4, -0.2) is 50.0 Å². The third-order valence-corrected chi connectivity index (χ3v) is 8.40. The van der Waals surface area contributed by atoms with Crippen molar-refractivity contribution < 1.29 is 18.0 Å². The number of nitrogens with one attached hydrogen (secondary N) is 1. The lowest BCUT2D eigenvalue weighted by atomic mass is 10.0. The maximum Gasteiger partial charge on any atom is 0.244 e. The van der Waals surface area contributed by atoms with Crippen LogP contribution in [0.25, 0.3) is 0 Å². The van der Waals surface area contributed by atoms with Crippen molar-refractivity contribution in [2.75, 3.05) is 17.1 Å². The normalized spacial score (nSPS) is 12.8. The van der Waals surface area contributed by atoms with Crippen molar-refractivity contribution >= 4 is 62.3 Å². The van der Waals surface area contributed by atoms with Crippen LogP contribution in [-0.2, 0) is 32.6 Å². The third-order valence-electron chi connectivity index (χ3n) is 6.42. The number of anilines is 1. The molecule has 3 aromatic carbocycles. The number of sulfonamides is 1. The standard InChI is InChI=1S/C29H32Cl3N3O4S/c1-4-20(2)33-29(37)27(16-21-8-6-5-7-9-21)34(18-22-10-11-24(31)17-26(22)32)28(36)19-35(40(3,38)39)25-14-12-23(30)13-15-25/h5-15,17,20,27H,4,16,18-19H2,1-3H3,(H,33,37)/t20-,27+/m1/s1. The number of halogens is 3. The summed E-state index contributed by atoms with van der Waals surface area (Å²) in [5.41, 5.74) is 1.67. The van der Waals surface area contributed by atoms with Gasteiger partial charge in [-0.1, -0.05) is 78.1 Å². The maximum absolute atomic E-state index is 14.1. The van der Waals surface area contributed by atoms with E-state index in [0.717, 1.165) is 16.1 Å². The summed E-state index contributed by atoms with van der Waals surface area (Å²) in [6.07, 6.45) is 1.92. The molecule has 1 N–H and O–H groups in total. The van der Waals surface area contributed by atoms with Crippen molar-refractivity contribution in [3.05, 3.63) is 99.0 Å². The quantitative estimate of drug-likeness (QED) is 0.269. The van der Waals surface area contributed by atoms with Gasteiger partial charge in [0.05, 0.1) is 11.9 Å². The van der Waals surface area contributed by atoms with E-state index >= 15 is 0 Å². The summed E-state index contributed by atoms with van der Waals surface area (Å²) in [7, 11) is -3.88. The SMILES string of the molecule is CC[C@@H](C)NC(=O)[C@H](Cc1ccccc1)N(Cc1ccc(Cl)cc1Cl)C(=O)CN(c1ccc(Cl)cc1)S(C)(=O)=O. The van der Waals surface area contributed by atoms with Gasteiger partial charge in [0.2, 0.25) is 21.8 Å². The lowest BCUT2D eigenvalue weighted by molar-refractivity contribution is -0.140. The van der Waals surface area contributed by atoms with Crippen LogP contribution < -0.4 is 9.62 Å². The first-order chi connectivity index (χ1) is 18.9. The lowest BCUT2D eigenvalue weighted by Gasteiger charge is -2.34. The largest absolute Gasteiger partial charge is 0.352 e. The average molecular weight is 625 g/mol. The number of amides is 2. The first kappa shape index (κ1) is 31.7. The van der Waals surface area contributed by atoms with E-state index in [1.165, 1.54) is 17.0 Å². The fourth-order valence-electron chi connectivity index (χ4n) is 4.05. The second kappa shape index (κ2) is 14.2. The minimum Gasteiger partial charge on any atom is -0.352 e. The van der Waals surface area contributed by atoms with Gasteiger partial charge in [-0.2, -0.15) is 0 Å². The van der Waals surface area contributed by atoms with E-state index in [0.29, 0.717) is 27.1 Å². The minimum atomic E-state index is -3.88. The molecular weight excluding hydrogens is 593 g/mol. The van der Waals surface area contributed by atoms with Gasteiger partial charge in [0.1, 0.15) is 12.6 Å². The monoisotopic (exact) mass is 623 g/mol. The molecule has 0 saturated carbocycles. The van der Waals surface area contributed by atoms with Gasteiger partial charge in [-0.05, 0) is 60.9 Å². The van der Waals surface area contributed by atoms with Gasteiger partial charge >= 0.3 is 0 Å². The second-order valence-corrected chi connectivity index (χ2v) is 12.7. The molecule has 3 aromatic rings. The van der Waals surface area contributed by atoms with Gasteiger partial charge in [0, 0.05) is 34.1 Å². The van der Waals surface area contributed by atoms with Crippen LogP contribution in [0.2, 0.25) is 15.1 Å². The number of rotatable bonds is 12. The molecule has 0 radical (unpaired) electrons. The molecule has 2 atom stereocenters. The predicted octanol–water partition coefficient (Wildman–Crippen LogP) is 5.97. The molecule has 7 nitrogen and oxygen atoms in total. The van der Waals surface area contributed by atoms with Crippen molar-refractivity contribution in [1.29, 1.82) is 0 Å². The summed E-state index contributed by atoms with van der Waals surface area (Å²) in [5, 5.41) is 4.15. The molecule has 11 heteroatoms. The Kier molecular flexibility index (Phi) is 11.3. The van der Waals surface area contributed by atoms with Gasteiger partial charge in [-0.3, -0.25) is 13.9 Å². The Balaban J connectivity index is 2.08. The number of hydrogen-bond donors (Lipinski definition) is 1. The van der Waals surface area contributed by atoms with E-state index in [1.807, 2.05) is 44.2 Å². The summed E-state index contributed by atoms with van der Waals surface area (Å²) in [6.45, 7) is 3.25. The Morgan fingerprint density at radius 2 is 1.55 bits per heavy atom. The van der Waals surface area contributed by atoms with Crippen molar-refractivity contribution in [3.63, 3.8) is 0 Å². The number of nitrogens with zero attached hydrogens (tertiary/aromatic N) is 2. The number of hydrogen-bond acceptors (Lipinski definition) is 4. The molecule has 2 amide bonds. The van der Waals surface area contributed by atoms with E-state index < -0.39 is 28.5 Å². The molecule has 214 valence electrons. The van der Waals surface area contributed by atoms with Crippen LogP contribution in [0.5, 0.6) is 0 Å². The third kappa shape index (κ3) is 8.86. The molecule has 0 aromatic heterocycles. The average Bonchev–Trinajstić information content (AvgIpc) is 2.90. The van der Waals surface area contributed by atoms with Gasteiger partial charge in [0.15, 0.2) is 0 Å². The summed E-state index contributed by atoms with van der Waals surface area (Å²) >= 11 is 18.6. The molecule has 3 rings (SSSR count). The first-order valence-electron chi connectivity index (χ1n) is 12.7. The Morgan fingerprint density at radius 1 is 0.925 bits per heavy atom. The molecule has 0 saturated heterocycles. The van der Waals surface area contributed by atoms with Crippen LogP contribution in [0.1, 0.15) is 31.4 Å². The van der Waals surface area contributed by atoms with Crippen LogP contribution in [0, 0.1) is 0 Å². The van der Waals surface area contributed by atoms with Crippen molar-refractivity contribution in [1.82, 2.24) is 10.2 Å². The molecule has 0 fully saturated rings. The van der Waals surface area contributed by atoms with E-state index in [4.69, 9.17) is 34.8 Å². The number of benzene rings is 3. The van der Waals surface area contributed by atoms with E-state index in [2.05, 4.69) is 5.32 Å². The number of carbonyl (C=O) groups excluding carboxylic acids is 2. The zero-order valence-electron chi connectivity index (χ0n) is 22.5. The smallest absolute Gasteiger partial charge is 0.244 e. The topological polar surface area (TPSA) is 86.8 Å². The van der Waals surface area contributed by atoms with E-state index in [1.54, 1.807) is 30.3 Å². The Labute approximate surface area is 251 Å². The zero-order chi connectivity index (χ0) is 29.4. The highest BCUT2D eigenvalue weighted by atomic mass is 35.5. The molecular formula is C29H32Cl3N3O4S. The highest BCUT2D eigenvalue weighted by Crippen LogP contribution is 2.26. The molecule has 0 unspecified atom stereocenters. The van der Waals surface area contributed by atoms with Gasteiger partial charge in [-0.25, -0.2) is 8.42 Å². The maximum atomic E-state index is 14.1. The van der Waals surface area contributed by atoms with Gasteiger partial charge in [0.25, 0.3) is 0 Å². The molecule has 40 heavy (non-hydrogen) atoms. The van der Waals surface area contributed by atoms with Crippen molar-refractivity contribution in [2.24, 2.45) is 0 Å². The predicted molar refractivity (Wildman–Crippen MR) is 162 cm³/mol. The molecule has 0 aliphatic rings. The summed E-state index contributed by atoms with van der Waals surface area (Å²) < 4.78 is 26.6. The van der Waals surface area contributed by atoms with Crippen LogP contribution in [0.3, 0.4) is 0 Å². The minimum absolute atomic E-state index is 0.0432. The van der Waals surface area contributed by atoms with Gasteiger partial charge in [-0.15, -0.1) is 0 Å². The van der Waals surface area contributed by atoms with Gasteiger partial charge < -0.3 is 10.2 Å². The zero-order valence-corrected chi connectivity index (χ0v) is 25.6. The Hall–Kier alpha value is -2.78. The Morgan fingerprint density at radius 3 is 2.12 bits per heavy atom. The summed E-state index contributed by atoms with van der Waals surface area (Å²) in [4.78, 5) is 29.1. The van der Waals surface area contributed by atoms with E-state index in [-0.39, 0.29) is 30.6 Å². The van der Waals surface area contributed by atoms with Crippen molar-refractivity contribution in [3.8, 4) is 0 Å². The fourth-order valence-corrected chi connectivity index (χ4v) is 5.49. The highest BCUT2D eigenvalue weighted by Gasteiger charge is 2.33. The fraction of sp³-hybridized carbons (Fsp3) is 0.310. The number of carbonyl (C=O) groups is 2. The molecule has 0 heterocycles. The Bertz CT molecular complexity index is 1420.